The number of piperidine rings is 1. The second-order valence-corrected chi connectivity index (χ2v) is 12.9. The van der Waals surface area contributed by atoms with Gasteiger partial charge in [-0.15, -0.1) is 11.3 Å². The van der Waals surface area contributed by atoms with Crippen LogP contribution in [0.5, 0.6) is 0 Å². The predicted molar refractivity (Wildman–Crippen MR) is 152 cm³/mol. The van der Waals surface area contributed by atoms with Crippen LogP contribution in [0.4, 0.5) is 5.00 Å². The van der Waals surface area contributed by atoms with Gasteiger partial charge in [-0.25, -0.2) is 13.2 Å². The highest BCUT2D eigenvalue weighted by atomic mass is 32.2. The van der Waals surface area contributed by atoms with Gasteiger partial charge in [0.2, 0.25) is 10.0 Å². The first kappa shape index (κ1) is 30.2. The molecule has 0 radical (unpaired) electrons. The molecular formula is C28H37N3O7S2. The summed E-state index contributed by atoms with van der Waals surface area (Å²) in [6.07, 6.45) is 2.88. The van der Waals surface area contributed by atoms with Crippen molar-refractivity contribution in [3.8, 4) is 0 Å². The Morgan fingerprint density at radius 1 is 1.05 bits per heavy atom. The van der Waals surface area contributed by atoms with E-state index in [0.717, 1.165) is 36.5 Å². The highest BCUT2D eigenvalue weighted by molar-refractivity contribution is 7.89. The molecule has 4 rings (SSSR count). The van der Waals surface area contributed by atoms with Gasteiger partial charge in [-0.2, -0.15) is 4.31 Å². The van der Waals surface area contributed by atoms with Crippen molar-refractivity contribution in [3.05, 3.63) is 45.8 Å². The topological polar surface area (TPSA) is 122 Å². The number of thiophene rings is 1. The van der Waals surface area contributed by atoms with Crippen molar-refractivity contribution >= 4 is 44.2 Å². The van der Waals surface area contributed by atoms with Crippen LogP contribution >= 0.6 is 11.3 Å². The second kappa shape index (κ2) is 13.2. The molecule has 1 unspecified atom stereocenters. The van der Waals surface area contributed by atoms with Crippen LogP contribution in [0.3, 0.4) is 0 Å². The van der Waals surface area contributed by atoms with Crippen molar-refractivity contribution in [1.29, 1.82) is 0 Å². The number of fused-ring (bicyclic) bond motifs is 1. The van der Waals surface area contributed by atoms with Gasteiger partial charge in [-0.1, -0.05) is 6.92 Å². The largest absolute Gasteiger partial charge is 0.466 e. The van der Waals surface area contributed by atoms with Crippen LogP contribution in [-0.2, 0) is 37.3 Å². The minimum Gasteiger partial charge on any atom is -0.466 e. The Bertz CT molecular complexity index is 1340. The summed E-state index contributed by atoms with van der Waals surface area (Å²) in [5.41, 5.74) is 1.60. The van der Waals surface area contributed by atoms with Gasteiger partial charge in [-0.3, -0.25) is 14.5 Å². The number of esters is 2. The van der Waals surface area contributed by atoms with Gasteiger partial charge >= 0.3 is 11.9 Å². The molecule has 0 aliphatic carbocycles. The summed E-state index contributed by atoms with van der Waals surface area (Å²) >= 11 is 1.39. The molecule has 1 N–H and O–H groups in total. The van der Waals surface area contributed by atoms with E-state index >= 15 is 0 Å². The van der Waals surface area contributed by atoms with Crippen LogP contribution in [0, 0.1) is 5.92 Å². The lowest BCUT2D eigenvalue weighted by atomic mass is 10.0. The highest BCUT2D eigenvalue weighted by Crippen LogP contribution is 2.38. The molecule has 1 aromatic carbocycles. The van der Waals surface area contributed by atoms with E-state index < -0.39 is 27.8 Å². The third-order valence-electron chi connectivity index (χ3n) is 7.14. The Kier molecular flexibility index (Phi) is 9.99. The number of amides is 1. The van der Waals surface area contributed by atoms with E-state index in [4.69, 9.17) is 9.47 Å². The van der Waals surface area contributed by atoms with Gasteiger partial charge in [0.05, 0.1) is 29.6 Å². The molecule has 2 aliphatic heterocycles. The summed E-state index contributed by atoms with van der Waals surface area (Å²) in [6.45, 7) is 8.97. The zero-order valence-electron chi connectivity index (χ0n) is 23.2. The van der Waals surface area contributed by atoms with Gasteiger partial charge < -0.3 is 14.8 Å². The molecule has 2 aliphatic rings. The number of anilines is 1. The molecule has 0 saturated carbocycles. The number of nitrogens with zero attached hydrogens (tertiary/aromatic N) is 2. The van der Waals surface area contributed by atoms with E-state index in [0.29, 0.717) is 36.4 Å². The van der Waals surface area contributed by atoms with Crippen LogP contribution in [0.1, 0.15) is 71.2 Å². The zero-order chi connectivity index (χ0) is 28.9. The molecule has 12 heteroatoms. The quantitative estimate of drug-likeness (QED) is 0.413. The minimum absolute atomic E-state index is 0.0448. The van der Waals surface area contributed by atoms with Gasteiger partial charge in [0.1, 0.15) is 5.00 Å². The van der Waals surface area contributed by atoms with E-state index in [1.807, 2.05) is 0 Å². The summed E-state index contributed by atoms with van der Waals surface area (Å²) in [5.74, 6) is -1.78. The molecule has 40 heavy (non-hydrogen) atoms. The average molecular weight is 592 g/mol. The molecule has 0 bridgehead atoms. The molecule has 1 amide bonds. The number of sulfonamides is 1. The molecule has 1 saturated heterocycles. The normalized spacial score (nSPS) is 18.1. The Morgan fingerprint density at radius 2 is 1.77 bits per heavy atom. The van der Waals surface area contributed by atoms with Crippen LogP contribution in [-0.4, -0.2) is 74.9 Å². The Labute approximate surface area is 239 Å². The standard InChI is InChI=1S/C28H37N3O7S2/c1-4-14-30-16-13-22-23(18-30)39-26(24(22)28(34)38-6-3)29-25(32)19-9-11-21(12-10-19)40(35,36)31-15-7-8-20(17-31)27(33)37-5-2/h9-12,20H,4-8,13-18H2,1-3H3,(H,29,32). The highest BCUT2D eigenvalue weighted by Gasteiger charge is 2.34. The third-order valence-corrected chi connectivity index (χ3v) is 10.2. The van der Waals surface area contributed by atoms with Crippen molar-refractivity contribution < 1.29 is 32.3 Å². The van der Waals surface area contributed by atoms with Crippen LogP contribution in [0.15, 0.2) is 29.2 Å². The number of benzene rings is 1. The first-order valence-corrected chi connectivity index (χ1v) is 16.1. The molecule has 0 spiro atoms. The smallest absolute Gasteiger partial charge is 0.341 e. The van der Waals surface area contributed by atoms with Crippen molar-refractivity contribution in [2.45, 2.75) is 57.9 Å². The SMILES string of the molecule is CCCN1CCc2c(sc(NC(=O)c3ccc(S(=O)(=O)N4CCCC(C(=O)OCC)C4)cc3)c2C(=O)OCC)C1. The maximum atomic E-state index is 13.3. The zero-order valence-corrected chi connectivity index (χ0v) is 24.9. The van der Waals surface area contributed by atoms with Gasteiger partial charge in [0.25, 0.3) is 5.91 Å². The fourth-order valence-corrected chi connectivity index (χ4v) is 7.98. The van der Waals surface area contributed by atoms with Crippen molar-refractivity contribution in [2.24, 2.45) is 5.92 Å². The van der Waals surface area contributed by atoms with E-state index in [1.165, 1.54) is 39.9 Å². The van der Waals surface area contributed by atoms with Gasteiger partial charge in [0, 0.05) is 36.6 Å². The van der Waals surface area contributed by atoms with Crippen LogP contribution < -0.4 is 5.32 Å². The summed E-state index contributed by atoms with van der Waals surface area (Å²) in [5, 5.41) is 3.32. The van der Waals surface area contributed by atoms with Crippen LogP contribution in [0.25, 0.3) is 0 Å². The number of hydrogen-bond donors (Lipinski definition) is 1. The van der Waals surface area contributed by atoms with E-state index in [9.17, 15) is 22.8 Å². The lowest BCUT2D eigenvalue weighted by Crippen LogP contribution is -2.42. The molecular weight excluding hydrogens is 554 g/mol. The number of hydrogen-bond acceptors (Lipinski definition) is 9. The summed E-state index contributed by atoms with van der Waals surface area (Å²) in [7, 11) is -3.85. The molecule has 2 aromatic rings. The fourth-order valence-electron chi connectivity index (χ4n) is 5.19. The molecule has 1 fully saturated rings. The summed E-state index contributed by atoms with van der Waals surface area (Å²) < 4.78 is 38.2. The Balaban J connectivity index is 1.51. The lowest BCUT2D eigenvalue weighted by molar-refractivity contribution is -0.149. The number of carbonyl (C=O) groups is 3. The van der Waals surface area contributed by atoms with E-state index in [1.54, 1.807) is 13.8 Å². The fraction of sp³-hybridized carbons (Fsp3) is 0.536. The molecule has 1 aromatic heterocycles. The first-order chi connectivity index (χ1) is 19.2. The van der Waals surface area contributed by atoms with E-state index in [-0.39, 0.29) is 36.2 Å². The Hall–Kier alpha value is -2.80. The van der Waals surface area contributed by atoms with Gasteiger partial charge in [0.15, 0.2) is 0 Å². The van der Waals surface area contributed by atoms with Gasteiger partial charge in [-0.05, 0) is 75.9 Å². The maximum Gasteiger partial charge on any atom is 0.341 e. The molecule has 10 nitrogen and oxygen atoms in total. The number of carbonyl (C=O) groups excluding carboxylic acids is 3. The van der Waals surface area contributed by atoms with Crippen molar-refractivity contribution in [1.82, 2.24) is 9.21 Å². The van der Waals surface area contributed by atoms with E-state index in [2.05, 4.69) is 17.1 Å². The monoisotopic (exact) mass is 591 g/mol. The summed E-state index contributed by atoms with van der Waals surface area (Å²) in [4.78, 5) is 41.6. The second-order valence-electron chi connectivity index (χ2n) is 9.89. The maximum absolute atomic E-state index is 13.3. The lowest BCUT2D eigenvalue weighted by Gasteiger charge is -2.30. The molecule has 1 atom stereocenters. The van der Waals surface area contributed by atoms with Crippen molar-refractivity contribution in [2.75, 3.05) is 44.7 Å². The average Bonchev–Trinajstić information content (AvgIpc) is 3.30. The van der Waals surface area contributed by atoms with Crippen LogP contribution in [0.2, 0.25) is 0 Å². The molecule has 218 valence electrons. The van der Waals surface area contributed by atoms with Crippen molar-refractivity contribution in [3.63, 3.8) is 0 Å². The number of ether oxygens (including phenoxy) is 2. The predicted octanol–water partition coefficient (Wildman–Crippen LogP) is 3.91. The first-order valence-electron chi connectivity index (χ1n) is 13.8. The minimum atomic E-state index is -3.85. The number of rotatable bonds is 10. The summed E-state index contributed by atoms with van der Waals surface area (Å²) in [6, 6.07) is 5.70. The Morgan fingerprint density at radius 3 is 2.45 bits per heavy atom. The molecule has 3 heterocycles. The number of nitrogens with one attached hydrogen (secondary N) is 1. The third kappa shape index (κ3) is 6.56.